The Labute approximate surface area is 162 Å². The minimum atomic E-state index is -0.873. The molecule has 0 aromatic carbocycles. The Hall–Kier alpha value is -1.42. The van der Waals surface area contributed by atoms with Crippen molar-refractivity contribution in [2.45, 2.75) is 93.2 Å². The quantitative estimate of drug-likeness (QED) is 0.409. The Morgan fingerprint density at radius 2 is 0.885 bits per heavy atom. The van der Waals surface area contributed by atoms with E-state index in [1.165, 1.54) is 0 Å². The first-order valence-corrected chi connectivity index (χ1v) is 10.1. The van der Waals surface area contributed by atoms with Gasteiger partial charge in [-0.1, -0.05) is 69.2 Å². The molecule has 4 unspecified atom stereocenters. The molecule has 0 fully saturated rings. The lowest BCUT2D eigenvalue weighted by Crippen LogP contribution is -2.38. The van der Waals surface area contributed by atoms with Crippen LogP contribution in [0.2, 0.25) is 0 Å². The summed E-state index contributed by atoms with van der Waals surface area (Å²) in [7, 11) is 0. The monoisotopic (exact) mass is 360 g/mol. The van der Waals surface area contributed by atoms with Crippen molar-refractivity contribution in [3.05, 3.63) is 0 Å². The number of rotatable bonds is 10. The van der Waals surface area contributed by atoms with Crippen LogP contribution < -0.4 is 0 Å². The Kier molecular flexibility index (Phi) is 9.50. The van der Waals surface area contributed by atoms with Crippen molar-refractivity contribution in [3.8, 4) is 12.1 Å². The maximum Gasteiger partial charge on any atom is 0.170 e. The van der Waals surface area contributed by atoms with E-state index in [-0.39, 0.29) is 11.8 Å². The summed E-state index contributed by atoms with van der Waals surface area (Å²) in [4.78, 5) is 0. The van der Waals surface area contributed by atoms with Crippen LogP contribution in [0, 0.1) is 58.2 Å². The fourth-order valence-electron chi connectivity index (χ4n) is 2.81. The van der Waals surface area contributed by atoms with Crippen LogP contribution in [-0.2, 0) is 0 Å². The van der Waals surface area contributed by atoms with Crippen molar-refractivity contribution in [2.75, 3.05) is 0 Å². The molecule has 0 amide bonds. The van der Waals surface area contributed by atoms with Gasteiger partial charge in [0, 0.05) is 0 Å². The summed E-state index contributed by atoms with van der Waals surface area (Å²) in [6.45, 7) is 21.1. The summed E-state index contributed by atoms with van der Waals surface area (Å²) in [5.74, 6) is 1.77. The molecule has 0 aliphatic carbocycles. The Morgan fingerprint density at radius 1 is 0.615 bits per heavy atom. The molecule has 0 rings (SSSR count). The van der Waals surface area contributed by atoms with Crippen molar-refractivity contribution < 1.29 is 0 Å². The third kappa shape index (κ3) is 6.08. The molecule has 0 N–H and O–H groups in total. The van der Waals surface area contributed by atoms with Gasteiger partial charge >= 0.3 is 0 Å². The Bertz CT molecular complexity index is 487. The van der Waals surface area contributed by atoms with Crippen molar-refractivity contribution in [1.29, 1.82) is 10.5 Å². The molecular formula is C22H40N4. The number of nitriles is 2. The minimum absolute atomic E-state index is 0.0449. The van der Waals surface area contributed by atoms with Crippen LogP contribution in [0.25, 0.3) is 0 Å². The molecule has 0 aliphatic rings. The highest BCUT2D eigenvalue weighted by Gasteiger charge is 2.41. The SMILES string of the molecule is CC(C)C(C)CC(C#N)(/N=N/C(C#N)(CC(C)C(C)C)C(C)C)C(C)C. The van der Waals surface area contributed by atoms with Crippen LogP contribution >= 0.6 is 0 Å². The topological polar surface area (TPSA) is 72.3 Å². The highest BCUT2D eigenvalue weighted by molar-refractivity contribution is 5.13. The summed E-state index contributed by atoms with van der Waals surface area (Å²) in [5, 5.41) is 29.2. The van der Waals surface area contributed by atoms with Crippen molar-refractivity contribution >= 4 is 0 Å². The molecule has 0 bridgehead atoms. The largest absolute Gasteiger partial charge is 0.196 e. The summed E-state index contributed by atoms with van der Waals surface area (Å²) in [6.07, 6.45) is 1.34. The Balaban J connectivity index is 5.97. The number of nitrogens with zero attached hydrogens (tertiary/aromatic N) is 4. The van der Waals surface area contributed by atoms with Crippen LogP contribution in [-0.4, -0.2) is 11.1 Å². The van der Waals surface area contributed by atoms with Gasteiger partial charge in [-0.25, -0.2) is 0 Å². The molecular weight excluding hydrogens is 320 g/mol. The van der Waals surface area contributed by atoms with Gasteiger partial charge in [0.05, 0.1) is 12.1 Å². The number of hydrogen-bond acceptors (Lipinski definition) is 4. The predicted molar refractivity (Wildman–Crippen MR) is 108 cm³/mol. The molecule has 26 heavy (non-hydrogen) atoms. The standard InChI is InChI=1S/C22H40N4/c1-15(2)19(9)11-21(13-23,17(5)6)25-26-22(14-24,18(7)8)12-20(10)16(3)4/h15-20H,11-12H2,1-10H3/b26-25+. The first kappa shape index (κ1) is 24.6. The summed E-state index contributed by atoms with van der Waals surface area (Å²) in [6, 6.07) is 4.89. The molecule has 4 nitrogen and oxygen atoms in total. The highest BCUT2D eigenvalue weighted by atomic mass is 15.2. The number of azo groups is 1. The minimum Gasteiger partial charge on any atom is -0.196 e. The molecule has 4 heteroatoms. The van der Waals surface area contributed by atoms with E-state index in [0.717, 1.165) is 0 Å². The summed E-state index contributed by atoms with van der Waals surface area (Å²) in [5.41, 5.74) is -1.75. The van der Waals surface area contributed by atoms with E-state index in [4.69, 9.17) is 0 Å². The molecule has 0 saturated carbocycles. The lowest BCUT2D eigenvalue weighted by Gasteiger charge is -2.33. The summed E-state index contributed by atoms with van der Waals surface area (Å²) < 4.78 is 0. The Morgan fingerprint density at radius 3 is 1.04 bits per heavy atom. The first-order chi connectivity index (χ1) is 11.9. The molecule has 0 radical (unpaired) electrons. The molecule has 148 valence electrons. The van der Waals surface area contributed by atoms with Crippen LogP contribution in [0.3, 0.4) is 0 Å². The normalized spacial score (nSPS) is 19.4. The third-order valence-electron chi connectivity index (χ3n) is 6.25. The van der Waals surface area contributed by atoms with Gasteiger partial charge in [-0.3, -0.25) is 0 Å². The fourth-order valence-corrected chi connectivity index (χ4v) is 2.81. The van der Waals surface area contributed by atoms with Gasteiger partial charge in [0.25, 0.3) is 0 Å². The average molecular weight is 361 g/mol. The maximum atomic E-state index is 9.97. The molecule has 0 aromatic rings. The second kappa shape index (κ2) is 10.1. The number of hydrogen-bond donors (Lipinski definition) is 0. The van der Waals surface area contributed by atoms with Crippen molar-refractivity contribution in [3.63, 3.8) is 0 Å². The van der Waals surface area contributed by atoms with E-state index >= 15 is 0 Å². The van der Waals surface area contributed by atoms with Gasteiger partial charge in [0.1, 0.15) is 0 Å². The van der Waals surface area contributed by atoms with Crippen LogP contribution in [0.4, 0.5) is 0 Å². The van der Waals surface area contributed by atoms with Crippen LogP contribution in [0.1, 0.15) is 82.1 Å². The molecule has 0 saturated heterocycles. The van der Waals surface area contributed by atoms with E-state index in [0.29, 0.717) is 36.5 Å². The second-order valence-electron chi connectivity index (χ2n) is 9.43. The summed E-state index contributed by atoms with van der Waals surface area (Å²) >= 11 is 0. The smallest absolute Gasteiger partial charge is 0.170 e. The predicted octanol–water partition coefficient (Wildman–Crippen LogP) is 6.64. The van der Waals surface area contributed by atoms with Gasteiger partial charge in [0.2, 0.25) is 0 Å². The van der Waals surface area contributed by atoms with E-state index in [2.05, 4.69) is 63.9 Å². The van der Waals surface area contributed by atoms with E-state index in [1.54, 1.807) is 0 Å². The molecule has 4 atom stereocenters. The first-order valence-electron chi connectivity index (χ1n) is 10.1. The van der Waals surface area contributed by atoms with E-state index < -0.39 is 11.1 Å². The van der Waals surface area contributed by atoms with Gasteiger partial charge in [-0.05, 0) is 48.3 Å². The molecule has 0 aromatic heterocycles. The molecule has 0 spiro atoms. The fraction of sp³-hybridized carbons (Fsp3) is 0.909. The zero-order chi connectivity index (χ0) is 20.7. The zero-order valence-electron chi connectivity index (χ0n) is 18.7. The lowest BCUT2D eigenvalue weighted by molar-refractivity contribution is 0.232. The van der Waals surface area contributed by atoms with E-state index in [1.807, 2.05) is 27.7 Å². The van der Waals surface area contributed by atoms with Crippen molar-refractivity contribution in [1.82, 2.24) is 0 Å². The molecule has 0 heterocycles. The van der Waals surface area contributed by atoms with Crippen LogP contribution in [0.5, 0.6) is 0 Å². The van der Waals surface area contributed by atoms with E-state index in [9.17, 15) is 10.5 Å². The van der Waals surface area contributed by atoms with Gasteiger partial charge < -0.3 is 0 Å². The van der Waals surface area contributed by atoms with Gasteiger partial charge in [-0.2, -0.15) is 20.8 Å². The van der Waals surface area contributed by atoms with Gasteiger partial charge in [-0.15, -0.1) is 0 Å². The third-order valence-corrected chi connectivity index (χ3v) is 6.25. The highest BCUT2D eigenvalue weighted by Crippen LogP contribution is 2.37. The maximum absolute atomic E-state index is 9.97. The second-order valence-corrected chi connectivity index (χ2v) is 9.43. The van der Waals surface area contributed by atoms with Gasteiger partial charge in [0.15, 0.2) is 11.1 Å². The van der Waals surface area contributed by atoms with Crippen molar-refractivity contribution in [2.24, 2.45) is 45.7 Å². The average Bonchev–Trinajstić information content (AvgIpc) is 2.55. The van der Waals surface area contributed by atoms with Crippen LogP contribution in [0.15, 0.2) is 10.2 Å². The molecule has 0 aliphatic heterocycles. The lowest BCUT2D eigenvalue weighted by atomic mass is 9.77. The zero-order valence-corrected chi connectivity index (χ0v) is 18.7.